The lowest BCUT2D eigenvalue weighted by atomic mass is 10.1. The highest BCUT2D eigenvalue weighted by molar-refractivity contribution is 6.10. The van der Waals surface area contributed by atoms with Crippen LogP contribution >= 0.6 is 0 Å². The lowest BCUT2D eigenvalue weighted by Gasteiger charge is -2.09. The molecular weight excluding hydrogens is 304 g/mol. The van der Waals surface area contributed by atoms with E-state index in [9.17, 15) is 10.1 Å². The van der Waals surface area contributed by atoms with Crippen molar-refractivity contribution in [2.75, 3.05) is 12.1 Å². The molecule has 0 saturated heterocycles. The molecule has 24 heavy (non-hydrogen) atoms. The van der Waals surface area contributed by atoms with Gasteiger partial charge in [0.1, 0.15) is 11.6 Å². The Morgan fingerprint density at radius 3 is 2.75 bits per heavy atom. The summed E-state index contributed by atoms with van der Waals surface area (Å²) in [4.78, 5) is 12.4. The molecule has 1 heterocycles. The molecule has 0 radical (unpaired) electrons. The van der Waals surface area contributed by atoms with E-state index >= 15 is 0 Å². The maximum atomic E-state index is 12.4. The fourth-order valence-electron chi connectivity index (χ4n) is 2.38. The van der Waals surface area contributed by atoms with E-state index in [1.54, 1.807) is 18.2 Å². The number of carbonyl (C=O) groups is 1. The molecule has 1 amide bonds. The number of nitrogens with one attached hydrogen (secondary N) is 1. The predicted octanol–water partition coefficient (Wildman–Crippen LogP) is 3.58. The van der Waals surface area contributed by atoms with Crippen LogP contribution in [0.15, 0.2) is 42.0 Å². The highest BCUT2D eigenvalue weighted by Crippen LogP contribution is 2.33. The van der Waals surface area contributed by atoms with E-state index in [2.05, 4.69) is 5.32 Å². The first-order valence-corrected chi connectivity index (χ1v) is 7.47. The third-order valence-corrected chi connectivity index (χ3v) is 3.71. The van der Waals surface area contributed by atoms with Gasteiger partial charge in [0.25, 0.3) is 5.91 Å². The van der Waals surface area contributed by atoms with E-state index in [1.807, 2.05) is 38.1 Å². The zero-order valence-electron chi connectivity index (χ0n) is 13.4. The van der Waals surface area contributed by atoms with E-state index in [-0.39, 0.29) is 12.4 Å². The molecule has 5 heteroatoms. The monoisotopic (exact) mass is 320 g/mol. The minimum Gasteiger partial charge on any atom is -0.454 e. The SMILES string of the molecule is Cc1ccc(C)c(NC(=O)/C(C#N)=C/c2ccc3c(c2)OCO3)c1. The molecule has 0 unspecified atom stereocenters. The summed E-state index contributed by atoms with van der Waals surface area (Å²) >= 11 is 0. The van der Waals surface area contributed by atoms with E-state index in [1.165, 1.54) is 6.08 Å². The highest BCUT2D eigenvalue weighted by Gasteiger charge is 2.15. The van der Waals surface area contributed by atoms with Crippen molar-refractivity contribution in [1.82, 2.24) is 0 Å². The van der Waals surface area contributed by atoms with Gasteiger partial charge in [-0.2, -0.15) is 5.26 Å². The van der Waals surface area contributed by atoms with Crippen molar-refractivity contribution in [3.05, 3.63) is 58.7 Å². The van der Waals surface area contributed by atoms with Gasteiger partial charge in [0.05, 0.1) is 0 Å². The maximum Gasteiger partial charge on any atom is 0.266 e. The molecule has 5 nitrogen and oxygen atoms in total. The van der Waals surface area contributed by atoms with Gasteiger partial charge in [-0.1, -0.05) is 18.2 Å². The van der Waals surface area contributed by atoms with Crippen molar-refractivity contribution in [2.24, 2.45) is 0 Å². The number of aryl methyl sites for hydroxylation is 2. The molecule has 1 aliphatic rings. The molecule has 2 aromatic carbocycles. The quantitative estimate of drug-likeness (QED) is 0.693. The average molecular weight is 320 g/mol. The zero-order valence-corrected chi connectivity index (χ0v) is 13.4. The second kappa shape index (κ2) is 6.47. The Kier molecular flexibility index (Phi) is 4.21. The number of hydrogen-bond acceptors (Lipinski definition) is 4. The van der Waals surface area contributed by atoms with E-state index in [4.69, 9.17) is 9.47 Å². The van der Waals surface area contributed by atoms with Gasteiger partial charge in [-0.05, 0) is 54.8 Å². The smallest absolute Gasteiger partial charge is 0.266 e. The summed E-state index contributed by atoms with van der Waals surface area (Å²) in [6.45, 7) is 4.03. The summed E-state index contributed by atoms with van der Waals surface area (Å²) in [5.74, 6) is 0.824. The minimum absolute atomic E-state index is 0.0229. The fourth-order valence-corrected chi connectivity index (χ4v) is 2.38. The van der Waals surface area contributed by atoms with Gasteiger partial charge in [-0.25, -0.2) is 0 Å². The highest BCUT2D eigenvalue weighted by atomic mass is 16.7. The van der Waals surface area contributed by atoms with Crippen LogP contribution in [-0.2, 0) is 4.79 Å². The lowest BCUT2D eigenvalue weighted by Crippen LogP contribution is -2.14. The van der Waals surface area contributed by atoms with Crippen molar-refractivity contribution >= 4 is 17.7 Å². The Bertz CT molecular complexity index is 879. The van der Waals surface area contributed by atoms with Crippen LogP contribution in [0.5, 0.6) is 11.5 Å². The maximum absolute atomic E-state index is 12.4. The zero-order chi connectivity index (χ0) is 17.1. The lowest BCUT2D eigenvalue weighted by molar-refractivity contribution is -0.112. The van der Waals surface area contributed by atoms with E-state index < -0.39 is 5.91 Å². The summed E-state index contributed by atoms with van der Waals surface area (Å²) in [6, 6.07) is 13.0. The summed E-state index contributed by atoms with van der Waals surface area (Å²) < 4.78 is 10.6. The standard InChI is InChI=1S/C19H16N2O3/c1-12-3-4-13(2)16(7-12)21-19(22)15(10-20)8-14-5-6-17-18(9-14)24-11-23-17/h3-9H,11H2,1-2H3,(H,21,22)/b15-8+. The number of hydrogen-bond donors (Lipinski definition) is 1. The van der Waals surface area contributed by atoms with Crippen LogP contribution in [0.3, 0.4) is 0 Å². The first-order valence-electron chi connectivity index (χ1n) is 7.47. The van der Waals surface area contributed by atoms with Crippen LogP contribution in [-0.4, -0.2) is 12.7 Å². The first-order chi connectivity index (χ1) is 11.6. The normalized spacial score (nSPS) is 12.6. The van der Waals surface area contributed by atoms with Gasteiger partial charge >= 0.3 is 0 Å². The van der Waals surface area contributed by atoms with Crippen LogP contribution in [0.4, 0.5) is 5.69 Å². The number of anilines is 1. The number of nitriles is 1. The van der Waals surface area contributed by atoms with Gasteiger partial charge in [0, 0.05) is 5.69 Å². The molecule has 0 atom stereocenters. The van der Waals surface area contributed by atoms with Crippen molar-refractivity contribution in [2.45, 2.75) is 13.8 Å². The molecule has 1 N–H and O–H groups in total. The summed E-state index contributed by atoms with van der Waals surface area (Å²) in [6.07, 6.45) is 1.53. The Hall–Kier alpha value is -3.26. The van der Waals surface area contributed by atoms with E-state index in [0.29, 0.717) is 22.7 Å². The van der Waals surface area contributed by atoms with Gasteiger partial charge in [0.15, 0.2) is 11.5 Å². The van der Waals surface area contributed by atoms with Gasteiger partial charge in [0.2, 0.25) is 6.79 Å². The van der Waals surface area contributed by atoms with Crippen LogP contribution in [0.1, 0.15) is 16.7 Å². The Morgan fingerprint density at radius 1 is 1.17 bits per heavy atom. The molecule has 0 aromatic heterocycles. The molecule has 120 valence electrons. The van der Waals surface area contributed by atoms with Crippen molar-refractivity contribution in [1.29, 1.82) is 5.26 Å². The number of ether oxygens (including phenoxy) is 2. The van der Waals surface area contributed by atoms with Crippen molar-refractivity contribution < 1.29 is 14.3 Å². The largest absolute Gasteiger partial charge is 0.454 e. The summed E-state index contributed by atoms with van der Waals surface area (Å²) in [7, 11) is 0. The predicted molar refractivity (Wildman–Crippen MR) is 90.7 cm³/mol. The number of fused-ring (bicyclic) bond motifs is 1. The molecular formula is C19H16N2O3. The molecule has 1 aliphatic heterocycles. The number of nitrogens with zero attached hydrogens (tertiary/aromatic N) is 1. The second-order valence-electron chi connectivity index (χ2n) is 5.56. The number of benzene rings is 2. The summed E-state index contributed by atoms with van der Waals surface area (Å²) in [5, 5.41) is 12.1. The first kappa shape index (κ1) is 15.6. The minimum atomic E-state index is -0.441. The number of carbonyl (C=O) groups excluding carboxylic acids is 1. The Morgan fingerprint density at radius 2 is 1.96 bits per heavy atom. The average Bonchev–Trinajstić information content (AvgIpc) is 3.03. The summed E-state index contributed by atoms with van der Waals surface area (Å²) in [5.41, 5.74) is 3.40. The second-order valence-corrected chi connectivity index (χ2v) is 5.56. The molecule has 2 aromatic rings. The van der Waals surface area contributed by atoms with Crippen molar-refractivity contribution in [3.8, 4) is 17.6 Å². The Labute approximate surface area is 140 Å². The van der Waals surface area contributed by atoms with Crippen LogP contribution in [0.25, 0.3) is 6.08 Å². The van der Waals surface area contributed by atoms with Gasteiger partial charge in [-0.3, -0.25) is 4.79 Å². The Balaban J connectivity index is 1.84. The van der Waals surface area contributed by atoms with Gasteiger partial charge < -0.3 is 14.8 Å². The fraction of sp³-hybridized carbons (Fsp3) is 0.158. The third kappa shape index (κ3) is 3.23. The van der Waals surface area contributed by atoms with Crippen LogP contribution in [0, 0.1) is 25.2 Å². The van der Waals surface area contributed by atoms with Crippen molar-refractivity contribution in [3.63, 3.8) is 0 Å². The van der Waals surface area contributed by atoms with Crippen LogP contribution < -0.4 is 14.8 Å². The molecule has 0 spiro atoms. The van der Waals surface area contributed by atoms with E-state index in [0.717, 1.165) is 11.1 Å². The number of rotatable bonds is 3. The molecule has 0 saturated carbocycles. The molecule has 0 bridgehead atoms. The molecule has 0 fully saturated rings. The van der Waals surface area contributed by atoms with Crippen LogP contribution in [0.2, 0.25) is 0 Å². The molecule has 3 rings (SSSR count). The number of amides is 1. The van der Waals surface area contributed by atoms with Gasteiger partial charge in [-0.15, -0.1) is 0 Å². The molecule has 0 aliphatic carbocycles. The topological polar surface area (TPSA) is 71.4 Å². The third-order valence-electron chi connectivity index (χ3n) is 3.71.